The number of aromatic nitrogens is 1. The summed E-state index contributed by atoms with van der Waals surface area (Å²) in [5.74, 6) is -0.398. The van der Waals surface area contributed by atoms with E-state index in [1.807, 2.05) is 5.38 Å². The van der Waals surface area contributed by atoms with Gasteiger partial charge in [-0.15, -0.1) is 23.1 Å². The van der Waals surface area contributed by atoms with Gasteiger partial charge in [-0.05, 0) is 6.92 Å². The molecule has 74 valence electrons. The highest BCUT2D eigenvalue weighted by molar-refractivity contribution is 8.14. The predicted molar refractivity (Wildman–Crippen MR) is 57.1 cm³/mol. The van der Waals surface area contributed by atoms with Crippen molar-refractivity contribution in [3.05, 3.63) is 16.6 Å². The van der Waals surface area contributed by atoms with Gasteiger partial charge in [0.2, 0.25) is 0 Å². The standard InChI is InChI=1S/C8H8N2O2S2/c1-8(7(11)12)3-14-6(10-8)5-2-13-4-9-5/h2,4H,3H2,1H3,(H,11,12). The fourth-order valence-corrected chi connectivity index (χ4v) is 2.80. The molecule has 1 aliphatic heterocycles. The molecule has 1 aromatic rings. The number of thioether (sulfide) groups is 1. The number of rotatable bonds is 2. The quantitative estimate of drug-likeness (QED) is 0.832. The molecule has 0 amide bonds. The summed E-state index contributed by atoms with van der Waals surface area (Å²) in [5.41, 5.74) is 1.52. The first-order valence-electron chi connectivity index (χ1n) is 3.96. The van der Waals surface area contributed by atoms with Crippen molar-refractivity contribution in [2.75, 3.05) is 5.75 Å². The maximum atomic E-state index is 10.9. The zero-order chi connectivity index (χ0) is 10.2. The number of hydrogen-bond donors (Lipinski definition) is 1. The van der Waals surface area contributed by atoms with Crippen LogP contribution in [-0.4, -0.2) is 32.4 Å². The molecule has 1 unspecified atom stereocenters. The van der Waals surface area contributed by atoms with Crippen molar-refractivity contribution in [2.24, 2.45) is 4.99 Å². The van der Waals surface area contributed by atoms with Gasteiger partial charge < -0.3 is 5.11 Å². The highest BCUT2D eigenvalue weighted by atomic mass is 32.2. The van der Waals surface area contributed by atoms with Crippen molar-refractivity contribution in [1.29, 1.82) is 0 Å². The summed E-state index contributed by atoms with van der Waals surface area (Å²) in [6.45, 7) is 1.63. The van der Waals surface area contributed by atoms with Crippen LogP contribution >= 0.6 is 23.1 Å². The molecule has 1 aromatic heterocycles. The van der Waals surface area contributed by atoms with Gasteiger partial charge in [0.15, 0.2) is 5.54 Å². The van der Waals surface area contributed by atoms with Gasteiger partial charge in [-0.1, -0.05) is 0 Å². The SMILES string of the molecule is CC1(C(=O)O)CSC(c2cscn2)=N1. The summed E-state index contributed by atoms with van der Waals surface area (Å²) < 4.78 is 0. The Kier molecular flexibility index (Phi) is 2.32. The van der Waals surface area contributed by atoms with Crippen LogP contribution in [0.4, 0.5) is 0 Å². The van der Waals surface area contributed by atoms with E-state index in [1.165, 1.54) is 23.1 Å². The van der Waals surface area contributed by atoms with Gasteiger partial charge in [-0.25, -0.2) is 9.78 Å². The monoisotopic (exact) mass is 228 g/mol. The fourth-order valence-electron chi connectivity index (χ4n) is 1.06. The molecular weight excluding hydrogens is 220 g/mol. The number of carboxylic acid groups (broad SMARTS) is 1. The molecule has 0 radical (unpaired) electrons. The molecule has 2 rings (SSSR count). The highest BCUT2D eigenvalue weighted by Gasteiger charge is 2.38. The third kappa shape index (κ3) is 1.55. The van der Waals surface area contributed by atoms with Crippen LogP contribution in [0.15, 0.2) is 15.9 Å². The molecule has 2 heterocycles. The third-order valence-corrected chi connectivity index (χ3v) is 3.82. The zero-order valence-electron chi connectivity index (χ0n) is 7.43. The fraction of sp³-hybridized carbons (Fsp3) is 0.375. The average Bonchev–Trinajstić information content (AvgIpc) is 2.72. The van der Waals surface area contributed by atoms with Crippen molar-refractivity contribution in [2.45, 2.75) is 12.5 Å². The number of thiazole rings is 1. The van der Waals surface area contributed by atoms with Crippen LogP contribution in [-0.2, 0) is 4.79 Å². The molecule has 0 saturated heterocycles. The second-order valence-electron chi connectivity index (χ2n) is 3.16. The Labute approximate surface area is 89.1 Å². The molecular formula is C8H8N2O2S2. The lowest BCUT2D eigenvalue weighted by atomic mass is 10.1. The van der Waals surface area contributed by atoms with Crippen LogP contribution in [0.2, 0.25) is 0 Å². The van der Waals surface area contributed by atoms with Crippen LogP contribution in [0.1, 0.15) is 12.6 Å². The van der Waals surface area contributed by atoms with Gasteiger partial charge in [0.1, 0.15) is 10.7 Å². The molecule has 0 fully saturated rings. The minimum Gasteiger partial charge on any atom is -0.479 e. The number of aliphatic carboxylic acids is 1. The highest BCUT2D eigenvalue weighted by Crippen LogP contribution is 2.30. The van der Waals surface area contributed by atoms with Crippen LogP contribution in [0.5, 0.6) is 0 Å². The van der Waals surface area contributed by atoms with E-state index in [-0.39, 0.29) is 0 Å². The Bertz CT molecular complexity index is 388. The summed E-state index contributed by atoms with van der Waals surface area (Å²) in [7, 11) is 0. The van der Waals surface area contributed by atoms with Gasteiger partial charge in [-0.2, -0.15) is 0 Å². The second-order valence-corrected chi connectivity index (χ2v) is 4.84. The Morgan fingerprint density at radius 3 is 3.00 bits per heavy atom. The lowest BCUT2D eigenvalue weighted by Crippen LogP contribution is -2.33. The van der Waals surface area contributed by atoms with E-state index in [2.05, 4.69) is 9.98 Å². The van der Waals surface area contributed by atoms with Gasteiger partial charge in [0, 0.05) is 11.1 Å². The number of aliphatic imine (C=N–C) groups is 1. The molecule has 14 heavy (non-hydrogen) atoms. The van der Waals surface area contributed by atoms with E-state index in [0.29, 0.717) is 5.75 Å². The number of carbonyl (C=O) groups is 1. The van der Waals surface area contributed by atoms with E-state index >= 15 is 0 Å². The minimum atomic E-state index is -0.983. The zero-order valence-corrected chi connectivity index (χ0v) is 9.06. The predicted octanol–water partition coefficient (Wildman–Crippen LogP) is 1.48. The largest absolute Gasteiger partial charge is 0.479 e. The molecule has 1 atom stereocenters. The molecule has 4 nitrogen and oxygen atoms in total. The second kappa shape index (κ2) is 3.36. The molecule has 1 aliphatic rings. The van der Waals surface area contributed by atoms with Crippen molar-refractivity contribution < 1.29 is 9.90 Å². The maximum Gasteiger partial charge on any atom is 0.332 e. The first kappa shape index (κ1) is 9.67. The lowest BCUT2D eigenvalue weighted by Gasteiger charge is -2.11. The summed E-state index contributed by atoms with van der Waals surface area (Å²) >= 11 is 2.93. The third-order valence-electron chi connectivity index (χ3n) is 1.95. The van der Waals surface area contributed by atoms with Crippen LogP contribution in [0.25, 0.3) is 0 Å². The normalized spacial score (nSPS) is 26.2. The van der Waals surface area contributed by atoms with Crippen molar-refractivity contribution in [3.8, 4) is 0 Å². The number of nitrogens with zero attached hydrogens (tertiary/aromatic N) is 2. The maximum absolute atomic E-state index is 10.9. The van der Waals surface area contributed by atoms with E-state index < -0.39 is 11.5 Å². The van der Waals surface area contributed by atoms with E-state index in [0.717, 1.165) is 10.7 Å². The molecule has 0 saturated carbocycles. The summed E-state index contributed by atoms with van der Waals surface area (Å²) in [6, 6.07) is 0. The molecule has 0 aromatic carbocycles. The van der Waals surface area contributed by atoms with Gasteiger partial charge >= 0.3 is 5.97 Å². The average molecular weight is 228 g/mol. The van der Waals surface area contributed by atoms with E-state index in [9.17, 15) is 4.79 Å². The molecule has 0 spiro atoms. The topological polar surface area (TPSA) is 62.5 Å². The van der Waals surface area contributed by atoms with Crippen LogP contribution in [0, 0.1) is 0 Å². The first-order valence-corrected chi connectivity index (χ1v) is 5.89. The minimum absolute atomic E-state index is 0.481. The van der Waals surface area contributed by atoms with E-state index in [4.69, 9.17) is 5.11 Å². The van der Waals surface area contributed by atoms with Crippen LogP contribution < -0.4 is 0 Å². The Hall–Kier alpha value is -0.880. The number of hydrogen-bond acceptors (Lipinski definition) is 5. The Morgan fingerprint density at radius 2 is 2.50 bits per heavy atom. The molecule has 1 N–H and O–H groups in total. The van der Waals surface area contributed by atoms with Crippen molar-refractivity contribution >= 4 is 34.1 Å². The van der Waals surface area contributed by atoms with Gasteiger partial charge in [0.05, 0.1) is 5.51 Å². The van der Waals surface area contributed by atoms with Crippen LogP contribution in [0.3, 0.4) is 0 Å². The van der Waals surface area contributed by atoms with Gasteiger partial charge in [0.25, 0.3) is 0 Å². The van der Waals surface area contributed by atoms with E-state index in [1.54, 1.807) is 12.4 Å². The summed E-state index contributed by atoms with van der Waals surface area (Å²) in [5, 5.41) is 11.6. The van der Waals surface area contributed by atoms with Crippen molar-refractivity contribution in [3.63, 3.8) is 0 Å². The summed E-state index contributed by atoms with van der Waals surface area (Å²) in [4.78, 5) is 19.2. The molecule has 0 bridgehead atoms. The smallest absolute Gasteiger partial charge is 0.332 e. The van der Waals surface area contributed by atoms with Crippen molar-refractivity contribution in [1.82, 2.24) is 4.98 Å². The molecule has 0 aliphatic carbocycles. The summed E-state index contributed by atoms with van der Waals surface area (Å²) in [6.07, 6.45) is 0. The number of carboxylic acids is 1. The molecule has 6 heteroatoms. The Morgan fingerprint density at radius 1 is 1.71 bits per heavy atom. The Balaban J connectivity index is 2.30. The lowest BCUT2D eigenvalue weighted by molar-refractivity contribution is -0.141. The first-order chi connectivity index (χ1) is 6.62. The van der Waals surface area contributed by atoms with Gasteiger partial charge in [-0.3, -0.25) is 4.99 Å².